The zero-order valence-electron chi connectivity index (χ0n) is 17.4. The van der Waals surface area contributed by atoms with Crippen LogP contribution in [0.4, 0.5) is 15.8 Å². The number of methoxy groups -OCH3 is 1. The van der Waals surface area contributed by atoms with Crippen molar-refractivity contribution in [2.45, 2.75) is 13.8 Å². The molecule has 0 saturated carbocycles. The normalized spacial score (nSPS) is 13.7. The Morgan fingerprint density at radius 3 is 2.32 bits per heavy atom. The van der Waals surface area contributed by atoms with E-state index in [1.807, 2.05) is 32.0 Å². The summed E-state index contributed by atoms with van der Waals surface area (Å²) in [7, 11) is 1.52. The molecule has 0 aromatic heterocycles. The highest BCUT2D eigenvalue weighted by Gasteiger charge is 2.40. The first-order valence-corrected chi connectivity index (χ1v) is 9.76. The SMILES string of the molecule is COc1cccc(N2C(=O)C(Nc3ccc(C)cc3C)=C(c3ccc(F)cc3)C2=O)c1. The predicted molar refractivity (Wildman–Crippen MR) is 118 cm³/mol. The number of aryl methyl sites for hydroxylation is 2. The Bertz CT molecular complexity index is 1220. The van der Waals surface area contributed by atoms with E-state index in [1.165, 1.54) is 31.4 Å². The maximum absolute atomic E-state index is 13.5. The largest absolute Gasteiger partial charge is 0.497 e. The van der Waals surface area contributed by atoms with Crippen molar-refractivity contribution in [3.05, 3.63) is 94.9 Å². The lowest BCUT2D eigenvalue weighted by atomic mass is 10.0. The number of rotatable bonds is 5. The lowest BCUT2D eigenvalue weighted by molar-refractivity contribution is -0.120. The van der Waals surface area contributed by atoms with E-state index in [1.54, 1.807) is 24.3 Å². The minimum Gasteiger partial charge on any atom is -0.497 e. The van der Waals surface area contributed by atoms with Crippen molar-refractivity contribution in [1.82, 2.24) is 0 Å². The van der Waals surface area contributed by atoms with E-state index < -0.39 is 17.6 Å². The van der Waals surface area contributed by atoms with Crippen LogP contribution in [0.2, 0.25) is 0 Å². The number of nitrogens with zero attached hydrogens (tertiary/aromatic N) is 1. The molecule has 1 aliphatic heterocycles. The standard InChI is InChI=1S/C25H21FN2O3/c1-15-7-12-21(16(2)13-15)27-23-22(17-8-10-18(26)11-9-17)24(29)28(25(23)30)19-5-4-6-20(14-19)31-3/h4-14,27H,1-3H3. The van der Waals surface area contributed by atoms with E-state index >= 15 is 0 Å². The van der Waals surface area contributed by atoms with E-state index in [4.69, 9.17) is 4.74 Å². The van der Waals surface area contributed by atoms with Crippen LogP contribution in [-0.4, -0.2) is 18.9 Å². The average molecular weight is 416 g/mol. The summed E-state index contributed by atoms with van der Waals surface area (Å²) in [5.74, 6) is -0.874. The Morgan fingerprint density at radius 1 is 0.903 bits per heavy atom. The third-order valence-corrected chi connectivity index (χ3v) is 5.17. The van der Waals surface area contributed by atoms with Gasteiger partial charge in [-0.15, -0.1) is 0 Å². The Kier molecular flexibility index (Phi) is 5.29. The number of carbonyl (C=O) groups is 2. The van der Waals surface area contributed by atoms with Crippen molar-refractivity contribution >= 4 is 28.8 Å². The lowest BCUT2D eigenvalue weighted by Crippen LogP contribution is -2.32. The number of nitrogens with one attached hydrogen (secondary N) is 1. The molecular formula is C25H21FN2O3. The van der Waals surface area contributed by atoms with Crippen molar-refractivity contribution in [2.75, 3.05) is 17.3 Å². The average Bonchev–Trinajstić information content (AvgIpc) is 3.00. The maximum atomic E-state index is 13.5. The van der Waals surface area contributed by atoms with Crippen LogP contribution in [0.1, 0.15) is 16.7 Å². The number of anilines is 2. The van der Waals surface area contributed by atoms with Crippen LogP contribution in [-0.2, 0) is 9.59 Å². The molecule has 3 aromatic carbocycles. The molecule has 3 aromatic rings. The molecule has 1 N–H and O–H groups in total. The molecule has 0 aliphatic carbocycles. The van der Waals surface area contributed by atoms with Crippen molar-refractivity contribution in [1.29, 1.82) is 0 Å². The summed E-state index contributed by atoms with van der Waals surface area (Å²) in [5.41, 5.74) is 3.92. The van der Waals surface area contributed by atoms with E-state index in [2.05, 4.69) is 5.32 Å². The van der Waals surface area contributed by atoms with Gasteiger partial charge in [-0.25, -0.2) is 9.29 Å². The van der Waals surface area contributed by atoms with E-state index in [-0.39, 0.29) is 11.3 Å². The molecule has 0 atom stereocenters. The molecule has 0 saturated heterocycles. The molecule has 0 radical (unpaired) electrons. The molecule has 0 fully saturated rings. The molecular weight excluding hydrogens is 395 g/mol. The van der Waals surface area contributed by atoms with E-state index in [0.29, 0.717) is 22.7 Å². The van der Waals surface area contributed by atoms with Crippen molar-refractivity contribution in [3.8, 4) is 5.75 Å². The zero-order chi connectivity index (χ0) is 22.1. The highest BCUT2D eigenvalue weighted by Crippen LogP contribution is 2.35. The van der Waals surface area contributed by atoms with Crippen LogP contribution in [0.25, 0.3) is 5.57 Å². The zero-order valence-corrected chi connectivity index (χ0v) is 17.4. The van der Waals surface area contributed by atoms with Gasteiger partial charge in [0.1, 0.15) is 17.3 Å². The van der Waals surface area contributed by atoms with Crippen molar-refractivity contribution in [3.63, 3.8) is 0 Å². The first kappa shape index (κ1) is 20.3. The molecule has 1 aliphatic rings. The number of hydrogen-bond donors (Lipinski definition) is 1. The molecule has 6 heteroatoms. The Labute approximate surface area is 179 Å². The van der Waals surface area contributed by atoms with Gasteiger partial charge < -0.3 is 10.1 Å². The van der Waals surface area contributed by atoms with Gasteiger partial charge in [-0.2, -0.15) is 0 Å². The number of carbonyl (C=O) groups excluding carboxylic acids is 2. The number of imide groups is 1. The topological polar surface area (TPSA) is 58.6 Å². The highest BCUT2D eigenvalue weighted by molar-refractivity contribution is 6.46. The minimum atomic E-state index is -0.489. The van der Waals surface area contributed by atoms with Crippen LogP contribution in [0.15, 0.2) is 72.4 Å². The quantitative estimate of drug-likeness (QED) is 0.604. The van der Waals surface area contributed by atoms with Gasteiger partial charge >= 0.3 is 0 Å². The van der Waals surface area contributed by atoms with Crippen LogP contribution >= 0.6 is 0 Å². The van der Waals surface area contributed by atoms with Gasteiger partial charge in [0.15, 0.2) is 0 Å². The second-order valence-electron chi connectivity index (χ2n) is 7.35. The minimum absolute atomic E-state index is 0.145. The Balaban J connectivity index is 1.83. The van der Waals surface area contributed by atoms with Crippen LogP contribution in [0, 0.1) is 19.7 Å². The molecule has 4 rings (SSSR count). The second kappa shape index (κ2) is 8.07. The Morgan fingerprint density at radius 2 is 1.65 bits per heavy atom. The lowest BCUT2D eigenvalue weighted by Gasteiger charge is -2.16. The van der Waals surface area contributed by atoms with Crippen molar-refractivity contribution < 1.29 is 18.7 Å². The van der Waals surface area contributed by atoms with E-state index in [9.17, 15) is 14.0 Å². The highest BCUT2D eigenvalue weighted by atomic mass is 19.1. The summed E-state index contributed by atoms with van der Waals surface area (Å²) in [5, 5.41) is 3.15. The van der Waals surface area contributed by atoms with Gasteiger partial charge in [-0.1, -0.05) is 35.9 Å². The molecule has 2 amide bonds. The second-order valence-corrected chi connectivity index (χ2v) is 7.35. The predicted octanol–water partition coefficient (Wildman–Crippen LogP) is 4.85. The smallest absolute Gasteiger partial charge is 0.282 e. The van der Waals surface area contributed by atoms with E-state index in [0.717, 1.165) is 16.0 Å². The molecule has 5 nitrogen and oxygen atoms in total. The van der Waals surface area contributed by atoms with Gasteiger partial charge in [0.25, 0.3) is 11.8 Å². The van der Waals surface area contributed by atoms with Crippen molar-refractivity contribution in [2.24, 2.45) is 0 Å². The molecule has 0 spiro atoms. The number of halogens is 1. The Hall–Kier alpha value is -3.93. The number of benzene rings is 3. The third-order valence-electron chi connectivity index (χ3n) is 5.17. The van der Waals surface area contributed by atoms with Gasteiger partial charge in [0.05, 0.1) is 18.4 Å². The third kappa shape index (κ3) is 3.80. The number of amides is 2. The molecule has 0 bridgehead atoms. The summed E-state index contributed by atoms with van der Waals surface area (Å²) in [6.07, 6.45) is 0. The van der Waals surface area contributed by atoms with Crippen LogP contribution < -0.4 is 15.0 Å². The fourth-order valence-corrected chi connectivity index (χ4v) is 3.60. The summed E-state index contributed by atoms with van der Waals surface area (Å²) < 4.78 is 18.7. The van der Waals surface area contributed by atoms with Gasteiger partial charge in [0, 0.05) is 11.8 Å². The van der Waals surface area contributed by atoms with Gasteiger partial charge in [0.2, 0.25) is 0 Å². The molecule has 1 heterocycles. The molecule has 31 heavy (non-hydrogen) atoms. The molecule has 0 unspecified atom stereocenters. The number of ether oxygens (including phenoxy) is 1. The summed E-state index contributed by atoms with van der Waals surface area (Å²) in [4.78, 5) is 27.9. The van der Waals surface area contributed by atoms with Gasteiger partial charge in [-0.05, 0) is 55.3 Å². The maximum Gasteiger partial charge on any atom is 0.282 e. The monoisotopic (exact) mass is 416 g/mol. The fraction of sp³-hybridized carbons (Fsp3) is 0.120. The summed E-state index contributed by atoms with van der Waals surface area (Å²) >= 11 is 0. The summed E-state index contributed by atoms with van der Waals surface area (Å²) in [6.45, 7) is 3.91. The molecule has 156 valence electrons. The first-order chi connectivity index (χ1) is 14.9. The first-order valence-electron chi connectivity index (χ1n) is 9.76. The van der Waals surface area contributed by atoms with Gasteiger partial charge in [-0.3, -0.25) is 9.59 Å². The fourth-order valence-electron chi connectivity index (χ4n) is 3.60. The van der Waals surface area contributed by atoms with Crippen LogP contribution in [0.3, 0.4) is 0 Å². The summed E-state index contributed by atoms with van der Waals surface area (Å²) in [6, 6.07) is 18.0. The number of hydrogen-bond acceptors (Lipinski definition) is 4. The van der Waals surface area contributed by atoms with Crippen LogP contribution in [0.5, 0.6) is 5.75 Å².